The van der Waals surface area contributed by atoms with Crippen molar-refractivity contribution < 1.29 is 9.59 Å². The predicted octanol–water partition coefficient (Wildman–Crippen LogP) is 1.08. The van der Waals surface area contributed by atoms with E-state index in [1.54, 1.807) is 14.1 Å². The lowest BCUT2D eigenvalue weighted by Crippen LogP contribution is -2.32. The van der Waals surface area contributed by atoms with E-state index in [4.69, 9.17) is 0 Å². The van der Waals surface area contributed by atoms with Crippen LogP contribution in [0, 0.1) is 5.41 Å². The van der Waals surface area contributed by atoms with Gasteiger partial charge in [0.25, 0.3) is 5.91 Å². The van der Waals surface area contributed by atoms with Gasteiger partial charge in [0, 0.05) is 20.5 Å². The van der Waals surface area contributed by atoms with Gasteiger partial charge in [-0.1, -0.05) is 20.8 Å². The maximum absolute atomic E-state index is 11.2. The van der Waals surface area contributed by atoms with Gasteiger partial charge in [0.05, 0.1) is 0 Å². The van der Waals surface area contributed by atoms with Gasteiger partial charge in [-0.15, -0.1) is 0 Å². The second kappa shape index (κ2) is 3.70. The van der Waals surface area contributed by atoms with E-state index in [1.807, 2.05) is 20.8 Å². The molecule has 0 heterocycles. The van der Waals surface area contributed by atoms with Gasteiger partial charge in [0.15, 0.2) is 0 Å². The first kappa shape index (κ1) is 11.1. The molecule has 0 aromatic carbocycles. The van der Waals surface area contributed by atoms with Crippen molar-refractivity contribution in [1.82, 2.24) is 4.90 Å². The summed E-state index contributed by atoms with van der Waals surface area (Å²) in [5, 5.41) is 0. The van der Waals surface area contributed by atoms with Crippen LogP contribution in [0.15, 0.2) is 0 Å². The fraction of sp³-hybridized carbons (Fsp3) is 0.778. The minimum atomic E-state index is -0.412. The Morgan fingerprint density at radius 3 is 1.83 bits per heavy atom. The molecule has 0 aromatic heterocycles. The van der Waals surface area contributed by atoms with Gasteiger partial charge in [0.2, 0.25) is 5.78 Å². The van der Waals surface area contributed by atoms with Gasteiger partial charge in [-0.3, -0.25) is 9.59 Å². The Bertz CT molecular complexity index is 189. The Balaban J connectivity index is 4.15. The van der Waals surface area contributed by atoms with Gasteiger partial charge >= 0.3 is 0 Å². The molecule has 0 radical (unpaired) electrons. The fourth-order valence-electron chi connectivity index (χ4n) is 0.807. The summed E-state index contributed by atoms with van der Waals surface area (Å²) in [6, 6.07) is 0. The second-order valence-electron chi connectivity index (χ2n) is 4.36. The molecule has 12 heavy (non-hydrogen) atoms. The van der Waals surface area contributed by atoms with Crippen LogP contribution in [0.3, 0.4) is 0 Å². The Morgan fingerprint density at radius 2 is 1.58 bits per heavy atom. The number of nitrogens with zero attached hydrogens (tertiary/aromatic N) is 1. The second-order valence-corrected chi connectivity index (χ2v) is 4.36. The number of rotatable bonds is 2. The average molecular weight is 171 g/mol. The highest BCUT2D eigenvalue weighted by molar-refractivity contribution is 6.36. The van der Waals surface area contributed by atoms with Crippen LogP contribution < -0.4 is 0 Å². The molecule has 70 valence electrons. The summed E-state index contributed by atoms with van der Waals surface area (Å²) < 4.78 is 0. The SMILES string of the molecule is CN(C)C(=O)C(=O)CC(C)(C)C. The van der Waals surface area contributed by atoms with E-state index >= 15 is 0 Å². The zero-order valence-corrected chi connectivity index (χ0v) is 8.47. The van der Waals surface area contributed by atoms with Crippen molar-refractivity contribution in [3.8, 4) is 0 Å². The number of Topliss-reactive ketones (excluding diaryl/α,β-unsaturated/α-hetero) is 1. The van der Waals surface area contributed by atoms with Crippen LogP contribution in [-0.2, 0) is 9.59 Å². The summed E-state index contributed by atoms with van der Waals surface area (Å²) in [7, 11) is 3.17. The monoisotopic (exact) mass is 171 g/mol. The Hall–Kier alpha value is -0.860. The topological polar surface area (TPSA) is 37.4 Å². The fourth-order valence-corrected chi connectivity index (χ4v) is 0.807. The molecular weight excluding hydrogens is 154 g/mol. The molecule has 0 saturated heterocycles. The average Bonchev–Trinajstić information content (AvgIpc) is 1.82. The third-order valence-electron chi connectivity index (χ3n) is 1.34. The first-order valence-corrected chi connectivity index (χ1v) is 3.98. The molecule has 0 saturated carbocycles. The van der Waals surface area contributed by atoms with E-state index < -0.39 is 5.91 Å². The molecule has 3 nitrogen and oxygen atoms in total. The molecule has 0 aliphatic heterocycles. The standard InChI is InChI=1S/C9H17NO2/c1-9(2,3)6-7(11)8(12)10(4)5/h6H2,1-5H3. The molecule has 0 bridgehead atoms. The third-order valence-corrected chi connectivity index (χ3v) is 1.34. The number of carbonyl (C=O) groups is 2. The third kappa shape index (κ3) is 4.11. The highest BCUT2D eigenvalue weighted by Gasteiger charge is 2.22. The summed E-state index contributed by atoms with van der Waals surface area (Å²) in [5.74, 6) is -0.725. The van der Waals surface area contributed by atoms with E-state index in [0.717, 1.165) is 0 Å². The van der Waals surface area contributed by atoms with Crippen LogP contribution in [0.5, 0.6) is 0 Å². The summed E-state index contributed by atoms with van der Waals surface area (Å²) in [5.41, 5.74) is -0.108. The summed E-state index contributed by atoms with van der Waals surface area (Å²) >= 11 is 0. The van der Waals surface area contributed by atoms with Crippen molar-refractivity contribution in [2.75, 3.05) is 14.1 Å². The van der Waals surface area contributed by atoms with Crippen LogP contribution in [0.1, 0.15) is 27.2 Å². The van der Waals surface area contributed by atoms with E-state index in [-0.39, 0.29) is 11.2 Å². The lowest BCUT2D eigenvalue weighted by Gasteiger charge is -2.17. The summed E-state index contributed by atoms with van der Waals surface area (Å²) in [6.45, 7) is 5.82. The molecule has 0 unspecified atom stereocenters. The molecule has 0 fully saturated rings. The van der Waals surface area contributed by atoms with E-state index in [2.05, 4.69) is 0 Å². The highest BCUT2D eigenvalue weighted by Crippen LogP contribution is 2.18. The molecule has 1 amide bonds. The van der Waals surface area contributed by atoms with Crippen molar-refractivity contribution in [2.24, 2.45) is 5.41 Å². The van der Waals surface area contributed by atoms with Crippen LogP contribution in [-0.4, -0.2) is 30.7 Å². The predicted molar refractivity (Wildman–Crippen MR) is 47.8 cm³/mol. The van der Waals surface area contributed by atoms with Gasteiger partial charge in [0.1, 0.15) is 0 Å². The molecule has 0 N–H and O–H groups in total. The summed E-state index contributed by atoms with van der Waals surface area (Å²) in [6.07, 6.45) is 0.310. The normalized spacial score (nSPS) is 11.1. The number of likely N-dealkylation sites (N-methyl/N-ethyl adjacent to an activating group) is 1. The van der Waals surface area contributed by atoms with Crippen LogP contribution in [0.4, 0.5) is 0 Å². The molecule has 0 aliphatic rings. The van der Waals surface area contributed by atoms with Crippen molar-refractivity contribution in [3.05, 3.63) is 0 Å². The quantitative estimate of drug-likeness (QED) is 0.583. The molecule has 0 rings (SSSR count). The summed E-state index contributed by atoms with van der Waals surface area (Å²) in [4.78, 5) is 23.6. The number of ketones is 1. The zero-order chi connectivity index (χ0) is 9.94. The first-order valence-electron chi connectivity index (χ1n) is 3.98. The van der Waals surface area contributed by atoms with Crippen molar-refractivity contribution >= 4 is 11.7 Å². The molecule has 0 atom stereocenters. The Labute approximate surface area is 73.7 Å². The molecular formula is C9H17NO2. The lowest BCUT2D eigenvalue weighted by molar-refractivity contribution is -0.143. The molecule has 0 aromatic rings. The highest BCUT2D eigenvalue weighted by atomic mass is 16.2. The van der Waals surface area contributed by atoms with Crippen LogP contribution in [0.2, 0.25) is 0 Å². The van der Waals surface area contributed by atoms with Gasteiger partial charge in [-0.2, -0.15) is 0 Å². The molecule has 3 heteroatoms. The van der Waals surface area contributed by atoms with E-state index in [0.29, 0.717) is 6.42 Å². The van der Waals surface area contributed by atoms with Gasteiger partial charge < -0.3 is 4.90 Å². The van der Waals surface area contributed by atoms with Gasteiger partial charge in [-0.05, 0) is 5.41 Å². The Kier molecular flexibility index (Phi) is 3.43. The van der Waals surface area contributed by atoms with Crippen molar-refractivity contribution in [1.29, 1.82) is 0 Å². The van der Waals surface area contributed by atoms with E-state index in [1.165, 1.54) is 4.90 Å². The van der Waals surface area contributed by atoms with Crippen molar-refractivity contribution in [2.45, 2.75) is 27.2 Å². The maximum Gasteiger partial charge on any atom is 0.289 e. The Morgan fingerprint density at radius 1 is 1.17 bits per heavy atom. The minimum absolute atomic E-state index is 0.108. The van der Waals surface area contributed by atoms with Crippen LogP contribution >= 0.6 is 0 Å². The largest absolute Gasteiger partial charge is 0.342 e. The van der Waals surface area contributed by atoms with Gasteiger partial charge in [-0.25, -0.2) is 0 Å². The van der Waals surface area contributed by atoms with E-state index in [9.17, 15) is 9.59 Å². The van der Waals surface area contributed by atoms with Crippen molar-refractivity contribution in [3.63, 3.8) is 0 Å². The minimum Gasteiger partial charge on any atom is -0.342 e. The maximum atomic E-state index is 11.2. The number of hydrogen-bond acceptors (Lipinski definition) is 2. The van der Waals surface area contributed by atoms with Crippen LogP contribution in [0.25, 0.3) is 0 Å². The smallest absolute Gasteiger partial charge is 0.289 e. The first-order chi connectivity index (χ1) is 5.24. The zero-order valence-electron chi connectivity index (χ0n) is 8.47. The number of hydrogen-bond donors (Lipinski definition) is 0. The molecule has 0 spiro atoms. The number of carbonyl (C=O) groups excluding carboxylic acids is 2. The lowest BCUT2D eigenvalue weighted by atomic mass is 9.90. The number of amides is 1. The molecule has 0 aliphatic carbocycles.